The van der Waals surface area contributed by atoms with Gasteiger partial charge in [0.25, 0.3) is 0 Å². The predicted molar refractivity (Wildman–Crippen MR) is 143 cm³/mol. The summed E-state index contributed by atoms with van der Waals surface area (Å²) in [4.78, 5) is 0.753. The fourth-order valence-corrected chi connectivity index (χ4v) is 6.10. The minimum absolute atomic E-state index is 0.0636. The topological polar surface area (TPSA) is 25.8 Å². The molecule has 0 bridgehead atoms. The van der Waals surface area contributed by atoms with Crippen molar-refractivity contribution in [1.82, 2.24) is 10.2 Å². The number of rotatable bonds is 2. The third-order valence-electron chi connectivity index (χ3n) is 6.98. The van der Waals surface area contributed by atoms with E-state index in [1.807, 2.05) is 48.5 Å². The lowest BCUT2D eigenvalue weighted by Crippen LogP contribution is -2.19. The van der Waals surface area contributed by atoms with Crippen molar-refractivity contribution in [1.29, 1.82) is 0 Å². The standard InChI is InChI=1S/C30H18F6N2S/c1-15-11-22(29(31,32)33)26(30(34,35)36)25(16(15)2)28-21-13-18-8-4-3-7-17(18)12-20(21)27(37-38-28)24-14-19-9-5-6-10-23(19)39-24/h3-14H,1-2H3. The number of aromatic nitrogens is 2. The maximum atomic E-state index is 14.4. The zero-order valence-electron chi connectivity index (χ0n) is 20.5. The van der Waals surface area contributed by atoms with Crippen molar-refractivity contribution in [2.24, 2.45) is 0 Å². The molecule has 2 aromatic heterocycles. The predicted octanol–water partition coefficient (Wildman–Crippen LogP) is 9.99. The third-order valence-corrected chi connectivity index (χ3v) is 8.10. The maximum absolute atomic E-state index is 14.4. The Morgan fingerprint density at radius 2 is 1.21 bits per heavy atom. The molecular formula is C30H18F6N2S. The van der Waals surface area contributed by atoms with Crippen LogP contribution in [0, 0.1) is 13.8 Å². The Morgan fingerprint density at radius 3 is 1.79 bits per heavy atom. The number of halogens is 6. The number of nitrogens with zero attached hydrogens (tertiary/aromatic N) is 2. The molecule has 0 N–H and O–H groups in total. The molecule has 39 heavy (non-hydrogen) atoms. The van der Waals surface area contributed by atoms with Crippen LogP contribution in [0.1, 0.15) is 22.3 Å². The smallest absolute Gasteiger partial charge is 0.166 e. The second-order valence-electron chi connectivity index (χ2n) is 9.40. The van der Waals surface area contributed by atoms with Crippen LogP contribution in [-0.4, -0.2) is 10.2 Å². The second kappa shape index (κ2) is 8.77. The molecule has 0 aliphatic heterocycles. The molecule has 0 spiro atoms. The molecule has 0 amide bonds. The average Bonchev–Trinajstić information content (AvgIpc) is 3.31. The van der Waals surface area contributed by atoms with Gasteiger partial charge in [-0.15, -0.1) is 21.5 Å². The zero-order chi connectivity index (χ0) is 27.7. The Labute approximate surface area is 222 Å². The summed E-state index contributed by atoms with van der Waals surface area (Å²) in [6, 6.07) is 21.0. The number of alkyl halides is 6. The van der Waals surface area contributed by atoms with E-state index in [1.54, 1.807) is 18.2 Å². The summed E-state index contributed by atoms with van der Waals surface area (Å²) < 4.78 is 86.1. The van der Waals surface area contributed by atoms with Gasteiger partial charge in [0.2, 0.25) is 0 Å². The molecule has 6 aromatic rings. The van der Waals surface area contributed by atoms with Gasteiger partial charge in [0.1, 0.15) is 11.4 Å². The molecule has 0 radical (unpaired) electrons. The fraction of sp³-hybridized carbons (Fsp3) is 0.133. The van der Waals surface area contributed by atoms with E-state index in [0.29, 0.717) is 22.5 Å². The number of hydrogen-bond donors (Lipinski definition) is 0. The van der Waals surface area contributed by atoms with Crippen LogP contribution in [0.4, 0.5) is 26.3 Å². The van der Waals surface area contributed by atoms with Crippen molar-refractivity contribution in [3.05, 3.63) is 95.1 Å². The Kier molecular flexibility index (Phi) is 5.69. The van der Waals surface area contributed by atoms with E-state index >= 15 is 0 Å². The molecule has 6 rings (SSSR count). The lowest BCUT2D eigenvalue weighted by molar-refractivity contribution is -0.161. The summed E-state index contributed by atoms with van der Waals surface area (Å²) in [5.74, 6) is 0. The molecule has 0 saturated carbocycles. The molecular weight excluding hydrogens is 534 g/mol. The van der Waals surface area contributed by atoms with Gasteiger partial charge in [0, 0.05) is 21.0 Å². The van der Waals surface area contributed by atoms with Gasteiger partial charge < -0.3 is 0 Å². The number of hydrogen-bond acceptors (Lipinski definition) is 3. The summed E-state index contributed by atoms with van der Waals surface area (Å²) >= 11 is 1.46. The van der Waals surface area contributed by atoms with Crippen LogP contribution in [0.3, 0.4) is 0 Å². The molecule has 0 atom stereocenters. The molecule has 0 fully saturated rings. The monoisotopic (exact) mass is 552 g/mol. The van der Waals surface area contributed by atoms with E-state index in [0.717, 1.165) is 25.7 Å². The molecule has 0 unspecified atom stereocenters. The third kappa shape index (κ3) is 4.21. The number of fused-ring (bicyclic) bond motifs is 3. The highest BCUT2D eigenvalue weighted by atomic mass is 32.1. The minimum atomic E-state index is -5.28. The van der Waals surface area contributed by atoms with Gasteiger partial charge in [-0.05, 0) is 71.5 Å². The molecule has 2 nitrogen and oxygen atoms in total. The Balaban J connectivity index is 1.76. The summed E-state index contributed by atoms with van der Waals surface area (Å²) in [7, 11) is 0. The fourth-order valence-electron chi connectivity index (χ4n) is 5.04. The van der Waals surface area contributed by atoms with E-state index in [1.165, 1.54) is 25.2 Å². The van der Waals surface area contributed by atoms with Crippen molar-refractivity contribution in [3.8, 4) is 21.8 Å². The first-order valence-corrected chi connectivity index (χ1v) is 12.7. The summed E-state index contributed by atoms with van der Waals surface area (Å²) in [5, 5.41) is 11.9. The first-order chi connectivity index (χ1) is 18.4. The molecule has 0 aliphatic carbocycles. The zero-order valence-corrected chi connectivity index (χ0v) is 21.3. The van der Waals surface area contributed by atoms with Gasteiger partial charge in [-0.1, -0.05) is 42.5 Å². The lowest BCUT2D eigenvalue weighted by Gasteiger charge is -2.23. The molecule has 0 saturated heterocycles. The first kappa shape index (κ1) is 25.3. The van der Waals surface area contributed by atoms with Crippen LogP contribution < -0.4 is 0 Å². The molecule has 0 aliphatic rings. The van der Waals surface area contributed by atoms with Gasteiger partial charge in [0.05, 0.1) is 16.0 Å². The van der Waals surface area contributed by atoms with Crippen LogP contribution in [0.2, 0.25) is 0 Å². The summed E-state index contributed by atoms with van der Waals surface area (Å²) in [6.45, 7) is 2.75. The van der Waals surface area contributed by atoms with Gasteiger partial charge in [-0.2, -0.15) is 26.3 Å². The van der Waals surface area contributed by atoms with E-state index in [4.69, 9.17) is 0 Å². The average molecular weight is 553 g/mol. The second-order valence-corrected chi connectivity index (χ2v) is 10.5. The molecule has 9 heteroatoms. The highest BCUT2D eigenvalue weighted by Crippen LogP contribution is 2.49. The van der Waals surface area contributed by atoms with Crippen molar-refractivity contribution in [2.75, 3.05) is 0 Å². The SMILES string of the molecule is Cc1cc(C(F)(F)F)c(C(F)(F)F)c(-c2nnc(-c3cc4ccccc4s3)c3cc4ccccc4cc23)c1C. The highest BCUT2D eigenvalue weighted by molar-refractivity contribution is 7.22. The van der Waals surface area contributed by atoms with Gasteiger partial charge >= 0.3 is 12.4 Å². The maximum Gasteiger partial charge on any atom is 0.417 e. The van der Waals surface area contributed by atoms with Crippen LogP contribution in [-0.2, 0) is 12.4 Å². The van der Waals surface area contributed by atoms with E-state index in [2.05, 4.69) is 10.2 Å². The van der Waals surface area contributed by atoms with Crippen molar-refractivity contribution in [2.45, 2.75) is 26.2 Å². The summed E-state index contributed by atoms with van der Waals surface area (Å²) in [6.07, 6.45) is -10.5. The van der Waals surface area contributed by atoms with Crippen molar-refractivity contribution in [3.63, 3.8) is 0 Å². The number of aryl methyl sites for hydroxylation is 1. The minimum Gasteiger partial charge on any atom is -0.166 e. The lowest BCUT2D eigenvalue weighted by atomic mass is 9.88. The largest absolute Gasteiger partial charge is 0.417 e. The number of benzene rings is 4. The normalized spacial score (nSPS) is 12.6. The van der Waals surface area contributed by atoms with Crippen LogP contribution in [0.15, 0.2) is 72.8 Å². The molecule has 2 heterocycles. The highest BCUT2D eigenvalue weighted by Gasteiger charge is 2.46. The molecule has 196 valence electrons. The van der Waals surface area contributed by atoms with E-state index in [-0.39, 0.29) is 16.8 Å². The number of thiophene rings is 1. The van der Waals surface area contributed by atoms with E-state index < -0.39 is 29.0 Å². The summed E-state index contributed by atoms with van der Waals surface area (Å²) in [5.41, 5.74) is -3.74. The van der Waals surface area contributed by atoms with Crippen LogP contribution >= 0.6 is 11.3 Å². The first-order valence-electron chi connectivity index (χ1n) is 11.9. The van der Waals surface area contributed by atoms with Crippen LogP contribution in [0.5, 0.6) is 0 Å². The van der Waals surface area contributed by atoms with E-state index in [9.17, 15) is 26.3 Å². The quantitative estimate of drug-likeness (QED) is 0.158. The van der Waals surface area contributed by atoms with Crippen molar-refractivity contribution >= 4 is 43.0 Å². The molecule has 4 aromatic carbocycles. The Morgan fingerprint density at radius 1 is 0.641 bits per heavy atom. The van der Waals surface area contributed by atoms with Crippen LogP contribution in [0.25, 0.3) is 53.5 Å². The van der Waals surface area contributed by atoms with Gasteiger partial charge in [0.15, 0.2) is 0 Å². The van der Waals surface area contributed by atoms with Gasteiger partial charge in [-0.3, -0.25) is 0 Å². The van der Waals surface area contributed by atoms with Crippen molar-refractivity contribution < 1.29 is 26.3 Å². The Bertz CT molecular complexity index is 1880. The Hall–Kier alpha value is -3.98. The van der Waals surface area contributed by atoms with Gasteiger partial charge in [-0.25, -0.2) is 0 Å².